The van der Waals surface area contributed by atoms with Gasteiger partial charge in [0, 0.05) is 10.8 Å². The Balaban J connectivity index is 0.00000160. The molecule has 4 aromatic rings. The number of benzene rings is 4. The fourth-order valence-electron chi connectivity index (χ4n) is 3.46. The van der Waals surface area contributed by atoms with Crippen LogP contribution < -0.4 is 88.7 Å². The first-order valence-electron chi connectivity index (χ1n) is 7.42. The standard InChI is InChI=1S/C16H10O9S3.3Na/c17-26(18,19)12-6-3-8-1-5-11-15-9(2-4-10(12)14(8)15)7-13(27(20,21)22)16(11)28(23,24)25;;;/h1-7H,(H,17,18,19)(H,20,21,22)(H,23,24,25);;;/q;3*+1/p-3. The van der Waals surface area contributed by atoms with E-state index in [2.05, 4.69) is 0 Å². The van der Waals surface area contributed by atoms with Gasteiger partial charge in [0.15, 0.2) is 0 Å². The smallest absolute Gasteiger partial charge is 0.744 e. The average Bonchev–Trinajstić information content (AvgIpc) is 2.55. The van der Waals surface area contributed by atoms with Crippen LogP contribution in [0.25, 0.3) is 32.3 Å². The Labute approximate surface area is 244 Å². The average molecular weight is 508 g/mol. The SMILES string of the molecule is O=S(=O)([O-])c1cc2ccc3c(S(=O)(=O)[O-])ccc4ccc(c1S(=O)(=O)[O-])c2c43.[Na+].[Na+].[Na+]. The van der Waals surface area contributed by atoms with E-state index in [1.807, 2.05) is 0 Å². The fourth-order valence-corrected chi connectivity index (χ4v) is 6.10. The summed E-state index contributed by atoms with van der Waals surface area (Å²) in [5.74, 6) is 0. The molecule has 0 aliphatic carbocycles. The molecule has 4 rings (SSSR count). The Morgan fingerprint density at radius 3 is 1.48 bits per heavy atom. The largest absolute Gasteiger partial charge is 1.00 e. The van der Waals surface area contributed by atoms with E-state index in [-0.39, 0.29) is 116 Å². The van der Waals surface area contributed by atoms with Crippen LogP contribution in [0.4, 0.5) is 0 Å². The van der Waals surface area contributed by atoms with Crippen LogP contribution in [0.15, 0.2) is 57.2 Å². The molecule has 0 radical (unpaired) electrons. The summed E-state index contributed by atoms with van der Waals surface area (Å²) in [6.07, 6.45) is 0. The van der Waals surface area contributed by atoms with Crippen LogP contribution in [-0.2, 0) is 30.4 Å². The first-order chi connectivity index (χ1) is 12.8. The Bertz CT molecular complexity index is 1630. The van der Waals surface area contributed by atoms with E-state index in [9.17, 15) is 38.9 Å². The third-order valence-electron chi connectivity index (χ3n) is 4.45. The molecule has 0 fully saturated rings. The van der Waals surface area contributed by atoms with E-state index in [1.54, 1.807) is 0 Å². The summed E-state index contributed by atoms with van der Waals surface area (Å²) in [6, 6.07) is 8.18. The van der Waals surface area contributed by atoms with E-state index in [4.69, 9.17) is 0 Å². The third kappa shape index (κ3) is 5.19. The van der Waals surface area contributed by atoms with Gasteiger partial charge in [-0.2, -0.15) is 0 Å². The maximum atomic E-state index is 11.8. The van der Waals surface area contributed by atoms with Gasteiger partial charge in [-0.05, 0) is 33.7 Å². The van der Waals surface area contributed by atoms with Crippen LogP contribution in [-0.4, -0.2) is 38.9 Å². The van der Waals surface area contributed by atoms with E-state index in [0.717, 1.165) is 18.2 Å². The predicted molar refractivity (Wildman–Crippen MR) is 94.0 cm³/mol. The van der Waals surface area contributed by atoms with Crippen molar-refractivity contribution in [3.8, 4) is 0 Å². The van der Waals surface area contributed by atoms with Crippen LogP contribution in [0.3, 0.4) is 0 Å². The molecule has 0 saturated heterocycles. The minimum Gasteiger partial charge on any atom is -0.744 e. The van der Waals surface area contributed by atoms with Gasteiger partial charge >= 0.3 is 88.7 Å². The summed E-state index contributed by atoms with van der Waals surface area (Å²) in [5, 5.41) is 0.370. The van der Waals surface area contributed by atoms with Crippen molar-refractivity contribution < 1.29 is 128 Å². The van der Waals surface area contributed by atoms with Gasteiger partial charge in [-0.15, -0.1) is 0 Å². The molecule has 15 heteroatoms. The monoisotopic (exact) mass is 508 g/mol. The van der Waals surface area contributed by atoms with Crippen molar-refractivity contribution in [1.82, 2.24) is 0 Å². The Morgan fingerprint density at radius 1 is 0.516 bits per heavy atom. The van der Waals surface area contributed by atoms with Crippen LogP contribution in [0.2, 0.25) is 0 Å². The number of hydrogen-bond acceptors (Lipinski definition) is 9. The van der Waals surface area contributed by atoms with Crippen molar-refractivity contribution in [2.75, 3.05) is 0 Å². The minimum absolute atomic E-state index is 0. The topological polar surface area (TPSA) is 172 Å². The Hall–Kier alpha value is 0.650. The molecule has 9 nitrogen and oxygen atoms in total. The zero-order chi connectivity index (χ0) is 20.6. The van der Waals surface area contributed by atoms with Crippen molar-refractivity contribution in [1.29, 1.82) is 0 Å². The van der Waals surface area contributed by atoms with Gasteiger partial charge in [-0.25, -0.2) is 25.3 Å². The second-order valence-corrected chi connectivity index (χ2v) is 10.1. The normalized spacial score (nSPS) is 12.4. The molecule has 0 atom stereocenters. The first kappa shape index (κ1) is 29.7. The van der Waals surface area contributed by atoms with Gasteiger partial charge in [0.2, 0.25) is 0 Å². The van der Waals surface area contributed by atoms with Gasteiger partial charge < -0.3 is 13.7 Å². The van der Waals surface area contributed by atoms with Gasteiger partial charge in [-0.1, -0.05) is 30.3 Å². The van der Waals surface area contributed by atoms with Crippen molar-refractivity contribution in [3.05, 3.63) is 42.5 Å². The van der Waals surface area contributed by atoms with Gasteiger partial charge in [-0.3, -0.25) is 0 Å². The molecule has 4 aromatic carbocycles. The van der Waals surface area contributed by atoms with Crippen LogP contribution in [0.1, 0.15) is 0 Å². The molecule has 0 amide bonds. The van der Waals surface area contributed by atoms with Gasteiger partial charge in [0.25, 0.3) is 0 Å². The molecule has 0 N–H and O–H groups in total. The second kappa shape index (κ2) is 9.72. The molecule has 0 saturated carbocycles. The molecular weight excluding hydrogens is 501 g/mol. The van der Waals surface area contributed by atoms with Gasteiger partial charge in [0.05, 0.1) is 14.7 Å². The predicted octanol–water partition coefficient (Wildman–Crippen LogP) is -7.69. The van der Waals surface area contributed by atoms with Gasteiger partial charge in [0.1, 0.15) is 30.4 Å². The van der Waals surface area contributed by atoms with Crippen molar-refractivity contribution in [3.63, 3.8) is 0 Å². The maximum absolute atomic E-state index is 11.8. The third-order valence-corrected chi connectivity index (χ3v) is 7.27. The summed E-state index contributed by atoms with van der Waals surface area (Å²) in [5.41, 5.74) is 0. The van der Waals surface area contributed by atoms with Crippen LogP contribution in [0.5, 0.6) is 0 Å². The molecule has 0 aliphatic rings. The summed E-state index contributed by atoms with van der Waals surface area (Å²) in [6.45, 7) is 0. The van der Waals surface area contributed by atoms with Crippen LogP contribution >= 0.6 is 0 Å². The van der Waals surface area contributed by atoms with E-state index in [1.165, 1.54) is 24.3 Å². The molecule has 0 unspecified atom stereocenters. The maximum Gasteiger partial charge on any atom is 1.00 e. The van der Waals surface area contributed by atoms with E-state index < -0.39 is 45.0 Å². The van der Waals surface area contributed by atoms with Crippen molar-refractivity contribution in [2.24, 2.45) is 0 Å². The first-order valence-corrected chi connectivity index (χ1v) is 11.6. The summed E-state index contributed by atoms with van der Waals surface area (Å²) in [4.78, 5) is -2.95. The molecule has 0 bridgehead atoms. The minimum atomic E-state index is -5.39. The molecule has 31 heavy (non-hydrogen) atoms. The fraction of sp³-hybridized carbons (Fsp3) is 0. The summed E-state index contributed by atoms with van der Waals surface area (Å²) in [7, 11) is -15.6. The molecule has 146 valence electrons. The Morgan fingerprint density at radius 2 is 0.968 bits per heavy atom. The van der Waals surface area contributed by atoms with Crippen molar-refractivity contribution in [2.45, 2.75) is 14.7 Å². The molecule has 0 heterocycles. The summed E-state index contributed by atoms with van der Waals surface area (Å²) < 4.78 is 105. The number of hydrogen-bond donors (Lipinski definition) is 0. The quantitative estimate of drug-likeness (QED) is 0.148. The molecule has 0 aliphatic heterocycles. The van der Waals surface area contributed by atoms with Crippen molar-refractivity contribution >= 4 is 62.7 Å². The molecule has 0 aromatic heterocycles. The Kier molecular flexibility index (Phi) is 9.31. The van der Waals surface area contributed by atoms with Crippen LogP contribution in [0, 0.1) is 0 Å². The summed E-state index contributed by atoms with van der Waals surface area (Å²) >= 11 is 0. The zero-order valence-corrected chi connectivity index (χ0v) is 24.9. The zero-order valence-electron chi connectivity index (χ0n) is 16.4. The van der Waals surface area contributed by atoms with E-state index >= 15 is 0 Å². The molecule has 0 spiro atoms. The van der Waals surface area contributed by atoms with E-state index in [0.29, 0.717) is 5.39 Å². The number of rotatable bonds is 3. The molecular formula is C16H7Na3O9S3. The second-order valence-electron chi connectivity index (χ2n) is 6.05.